The molecule has 218 valence electrons. The normalized spacial score (nSPS) is 23.2. The van der Waals surface area contributed by atoms with E-state index in [1.165, 1.54) is 0 Å². The van der Waals surface area contributed by atoms with Crippen molar-refractivity contribution >= 4 is 17.5 Å². The number of carbonyl (C=O) groups is 2. The molecule has 40 heavy (non-hydrogen) atoms. The van der Waals surface area contributed by atoms with E-state index in [1.807, 2.05) is 48.5 Å². The number of benzene rings is 2. The van der Waals surface area contributed by atoms with Crippen LogP contribution in [0, 0.1) is 0 Å². The zero-order valence-corrected chi connectivity index (χ0v) is 22.8. The molecule has 0 radical (unpaired) electrons. The number of nitrogens with zero attached hydrogens (tertiary/aromatic N) is 1. The van der Waals surface area contributed by atoms with Crippen LogP contribution in [0.3, 0.4) is 0 Å². The number of likely N-dealkylation sites (tertiary alicyclic amines) is 1. The van der Waals surface area contributed by atoms with Gasteiger partial charge in [-0.3, -0.25) is 19.7 Å². The molecule has 2 saturated heterocycles. The molecule has 2 heterocycles. The smallest absolute Gasteiger partial charge is 0.243 e. The van der Waals surface area contributed by atoms with Crippen LogP contribution < -0.4 is 10.8 Å². The van der Waals surface area contributed by atoms with E-state index in [2.05, 4.69) is 10.2 Å². The second kappa shape index (κ2) is 15.2. The van der Waals surface area contributed by atoms with Crippen molar-refractivity contribution in [3.63, 3.8) is 0 Å². The van der Waals surface area contributed by atoms with Crippen LogP contribution in [0.2, 0.25) is 0 Å². The highest BCUT2D eigenvalue weighted by Crippen LogP contribution is 2.38. The van der Waals surface area contributed by atoms with Crippen molar-refractivity contribution in [2.45, 2.75) is 82.6 Å². The second-order valence-corrected chi connectivity index (χ2v) is 10.7. The number of rotatable bonds is 13. The third-order valence-electron chi connectivity index (χ3n) is 7.47. The van der Waals surface area contributed by atoms with Gasteiger partial charge < -0.3 is 25.0 Å². The molecule has 2 aromatic carbocycles. The van der Waals surface area contributed by atoms with Crippen LogP contribution in [0.5, 0.6) is 0 Å². The van der Waals surface area contributed by atoms with Gasteiger partial charge in [0.15, 0.2) is 6.29 Å². The SMILES string of the molecule is O=C(CCCCCCC(=O)Nc1ccc(C2OC(CN3CCC(O)C3)CC(c3ccc(CO)cc3)O2)cc1)NO. The van der Waals surface area contributed by atoms with Gasteiger partial charge in [0, 0.05) is 50.1 Å². The van der Waals surface area contributed by atoms with Gasteiger partial charge in [-0.2, -0.15) is 0 Å². The van der Waals surface area contributed by atoms with Gasteiger partial charge in [-0.15, -0.1) is 0 Å². The van der Waals surface area contributed by atoms with Crippen LogP contribution in [0.1, 0.15) is 80.5 Å². The number of hydrogen-bond donors (Lipinski definition) is 5. The third-order valence-corrected chi connectivity index (χ3v) is 7.47. The van der Waals surface area contributed by atoms with Crippen LogP contribution in [0.15, 0.2) is 48.5 Å². The average molecular weight is 556 g/mol. The molecule has 4 unspecified atom stereocenters. The number of aliphatic hydroxyl groups excluding tert-OH is 2. The summed E-state index contributed by atoms with van der Waals surface area (Å²) in [4.78, 5) is 25.6. The molecule has 4 atom stereocenters. The van der Waals surface area contributed by atoms with Crippen molar-refractivity contribution in [1.82, 2.24) is 10.4 Å². The summed E-state index contributed by atoms with van der Waals surface area (Å²) in [5.41, 5.74) is 5.05. The predicted molar refractivity (Wildman–Crippen MR) is 148 cm³/mol. The van der Waals surface area contributed by atoms with Crippen molar-refractivity contribution in [1.29, 1.82) is 0 Å². The summed E-state index contributed by atoms with van der Waals surface area (Å²) in [6.45, 7) is 2.20. The lowest BCUT2D eigenvalue weighted by Gasteiger charge is -2.37. The molecule has 10 heteroatoms. The maximum absolute atomic E-state index is 12.4. The first-order valence-electron chi connectivity index (χ1n) is 14.2. The number of nitrogens with one attached hydrogen (secondary N) is 2. The molecule has 2 amide bonds. The zero-order chi connectivity index (χ0) is 28.3. The molecular weight excluding hydrogens is 514 g/mol. The number of anilines is 1. The molecule has 0 bridgehead atoms. The minimum atomic E-state index is -0.577. The molecule has 2 fully saturated rings. The van der Waals surface area contributed by atoms with Crippen molar-refractivity contribution in [2.75, 3.05) is 25.0 Å². The van der Waals surface area contributed by atoms with Gasteiger partial charge in [0.25, 0.3) is 0 Å². The topological polar surface area (TPSA) is 141 Å². The molecule has 2 aliphatic rings. The van der Waals surface area contributed by atoms with Crippen molar-refractivity contribution in [2.24, 2.45) is 0 Å². The van der Waals surface area contributed by atoms with E-state index in [-0.39, 0.29) is 43.2 Å². The summed E-state index contributed by atoms with van der Waals surface area (Å²) < 4.78 is 12.8. The zero-order valence-electron chi connectivity index (χ0n) is 22.8. The highest BCUT2D eigenvalue weighted by atomic mass is 16.7. The van der Waals surface area contributed by atoms with E-state index in [4.69, 9.17) is 14.7 Å². The minimum Gasteiger partial charge on any atom is -0.392 e. The number of carbonyl (C=O) groups excluding carboxylic acids is 2. The second-order valence-electron chi connectivity index (χ2n) is 10.7. The molecule has 0 saturated carbocycles. The van der Waals surface area contributed by atoms with Gasteiger partial charge >= 0.3 is 0 Å². The van der Waals surface area contributed by atoms with E-state index in [1.54, 1.807) is 5.48 Å². The molecule has 0 aromatic heterocycles. The van der Waals surface area contributed by atoms with Gasteiger partial charge in [0.05, 0.1) is 24.9 Å². The lowest BCUT2D eigenvalue weighted by atomic mass is 9.99. The molecule has 0 aliphatic carbocycles. The average Bonchev–Trinajstić information content (AvgIpc) is 3.39. The first kappa shape index (κ1) is 30.1. The highest BCUT2D eigenvalue weighted by molar-refractivity contribution is 5.90. The molecule has 2 aromatic rings. The fraction of sp³-hybridized carbons (Fsp3) is 0.533. The summed E-state index contributed by atoms with van der Waals surface area (Å²) >= 11 is 0. The molecule has 4 rings (SSSR count). The Morgan fingerprint density at radius 1 is 0.900 bits per heavy atom. The Hall–Kier alpha value is -2.86. The predicted octanol–water partition coefficient (Wildman–Crippen LogP) is 3.58. The molecular formula is C30H41N3O7. The Morgan fingerprint density at radius 2 is 1.57 bits per heavy atom. The first-order valence-corrected chi connectivity index (χ1v) is 14.2. The standard InChI is InChI=1S/C30H41N3O7/c34-20-21-7-9-22(10-8-21)27-17-26(19-33-16-15-25(35)18-33)39-30(40-27)23-11-13-24(14-12-23)31-28(36)5-3-1-2-4-6-29(37)32-38/h7-14,25-27,30,34-35,38H,1-6,15-20H2,(H,31,36)(H,32,37). The number of β-amino-alcohol motifs (C(OH)–C–C–N with tert-alkyl or cyclic N) is 1. The fourth-order valence-corrected chi connectivity index (χ4v) is 5.23. The molecule has 2 aliphatic heterocycles. The lowest BCUT2D eigenvalue weighted by Crippen LogP contribution is -2.38. The Bertz CT molecular complexity index is 1080. The van der Waals surface area contributed by atoms with Gasteiger partial charge in [-0.25, -0.2) is 5.48 Å². The van der Waals surface area contributed by atoms with E-state index in [0.717, 1.165) is 48.9 Å². The van der Waals surface area contributed by atoms with Crippen LogP contribution in [0.25, 0.3) is 0 Å². The maximum Gasteiger partial charge on any atom is 0.243 e. The quantitative estimate of drug-likeness (QED) is 0.144. The summed E-state index contributed by atoms with van der Waals surface area (Å²) in [5, 5.41) is 30.8. The lowest BCUT2D eigenvalue weighted by molar-refractivity contribution is -0.252. The summed E-state index contributed by atoms with van der Waals surface area (Å²) in [7, 11) is 0. The number of aliphatic hydroxyl groups is 2. The van der Waals surface area contributed by atoms with Gasteiger partial charge in [0.1, 0.15) is 0 Å². The minimum absolute atomic E-state index is 0.00809. The largest absolute Gasteiger partial charge is 0.392 e. The van der Waals surface area contributed by atoms with E-state index in [9.17, 15) is 19.8 Å². The van der Waals surface area contributed by atoms with Gasteiger partial charge in [-0.05, 0) is 42.5 Å². The Balaban J connectivity index is 1.32. The van der Waals surface area contributed by atoms with Crippen molar-refractivity contribution < 1.29 is 34.5 Å². The number of unbranched alkanes of at least 4 members (excludes halogenated alkanes) is 3. The molecule has 0 spiro atoms. The highest BCUT2D eigenvalue weighted by Gasteiger charge is 2.34. The number of ether oxygens (including phenoxy) is 2. The Labute approximate surface area is 235 Å². The summed E-state index contributed by atoms with van der Waals surface area (Å²) in [6.07, 6.45) is 4.07. The van der Waals surface area contributed by atoms with Gasteiger partial charge in [0.2, 0.25) is 11.8 Å². The first-order chi connectivity index (χ1) is 19.4. The molecule has 10 nitrogen and oxygen atoms in total. The van der Waals surface area contributed by atoms with Crippen molar-refractivity contribution in [3.05, 3.63) is 65.2 Å². The number of hydrogen-bond acceptors (Lipinski definition) is 8. The van der Waals surface area contributed by atoms with Crippen LogP contribution in [0.4, 0.5) is 5.69 Å². The van der Waals surface area contributed by atoms with Crippen LogP contribution in [-0.4, -0.2) is 64.0 Å². The van der Waals surface area contributed by atoms with E-state index in [0.29, 0.717) is 38.0 Å². The fourth-order valence-electron chi connectivity index (χ4n) is 5.23. The van der Waals surface area contributed by atoms with E-state index < -0.39 is 6.29 Å². The Morgan fingerprint density at radius 3 is 2.20 bits per heavy atom. The number of amides is 2. The number of hydroxylamine groups is 1. The summed E-state index contributed by atoms with van der Waals surface area (Å²) in [6, 6.07) is 15.3. The van der Waals surface area contributed by atoms with Crippen molar-refractivity contribution in [3.8, 4) is 0 Å². The maximum atomic E-state index is 12.4. The summed E-state index contributed by atoms with van der Waals surface area (Å²) in [5.74, 6) is -0.454. The third kappa shape index (κ3) is 9.09. The Kier molecular flexibility index (Phi) is 11.5. The molecule has 5 N–H and O–H groups in total. The monoisotopic (exact) mass is 555 g/mol. The van der Waals surface area contributed by atoms with E-state index >= 15 is 0 Å². The van der Waals surface area contributed by atoms with Gasteiger partial charge in [-0.1, -0.05) is 49.2 Å². The van der Waals surface area contributed by atoms with Crippen LogP contribution in [-0.2, 0) is 25.7 Å². The van der Waals surface area contributed by atoms with Crippen LogP contribution >= 0.6 is 0 Å².